The number of amides is 5. The summed E-state index contributed by atoms with van der Waals surface area (Å²) in [4.78, 5) is 92.5. The molecule has 2 saturated carbocycles. The van der Waals surface area contributed by atoms with Crippen LogP contribution in [0, 0.1) is 23.2 Å². The Labute approximate surface area is 436 Å². The monoisotopic (exact) mass is 1040 g/mol. The number of fused-ring (bicyclic) bond motifs is 5. The van der Waals surface area contributed by atoms with Crippen molar-refractivity contribution in [2.75, 3.05) is 26.8 Å². The van der Waals surface area contributed by atoms with Crippen LogP contribution in [-0.2, 0) is 64.2 Å². The molecule has 0 unspecified atom stereocenters. The van der Waals surface area contributed by atoms with Gasteiger partial charge >= 0.3 is 5.97 Å². The van der Waals surface area contributed by atoms with Gasteiger partial charge in [-0.15, -0.1) is 0 Å². The first-order chi connectivity index (χ1) is 35.0. The van der Waals surface area contributed by atoms with Gasteiger partial charge in [-0.2, -0.15) is 0 Å². The van der Waals surface area contributed by atoms with Crippen LogP contribution < -0.4 is 36.1 Å². The molecule has 0 radical (unpaired) electrons. The van der Waals surface area contributed by atoms with Gasteiger partial charge in [0.15, 0.2) is 6.61 Å². The SMILES string of the molecule is COC(=O)[C@H](CC(C)C)NC(=O)[C@H](Cc1ccccc1)NC(=O)CNC(=O)CNC(=O)[C@H](Cc1ccc(OCc2c(Cl)cccc2Cl)cc1)NC(=O)COc1ccc2c(c1)CC[C@@H]1[C@@H]2CC[C@]2(C)C(=O)CC[C@@H]12. The van der Waals surface area contributed by atoms with E-state index in [1.165, 1.54) is 18.2 Å². The number of Topliss-reactive ketones (excluding diaryl/α,β-unsaturated/α-hetero) is 1. The summed E-state index contributed by atoms with van der Waals surface area (Å²) in [6.07, 6.45) is 5.84. The van der Waals surface area contributed by atoms with Crippen LogP contribution >= 0.6 is 23.2 Å². The number of nitrogens with one attached hydrogen (secondary N) is 5. The first-order valence-corrected chi connectivity index (χ1v) is 25.8. The van der Waals surface area contributed by atoms with Crippen molar-refractivity contribution in [3.8, 4) is 11.5 Å². The largest absolute Gasteiger partial charge is 0.489 e. The summed E-state index contributed by atoms with van der Waals surface area (Å²) in [6, 6.07) is 23.9. The van der Waals surface area contributed by atoms with Gasteiger partial charge in [-0.1, -0.05) is 98.6 Å². The van der Waals surface area contributed by atoms with Crippen molar-refractivity contribution in [2.45, 2.75) is 109 Å². The minimum atomic E-state index is -1.15. The molecule has 0 heterocycles. The smallest absolute Gasteiger partial charge is 0.328 e. The summed E-state index contributed by atoms with van der Waals surface area (Å²) < 4.78 is 16.8. The molecule has 0 bridgehead atoms. The van der Waals surface area contributed by atoms with Crippen LogP contribution in [0.1, 0.15) is 93.0 Å². The first-order valence-electron chi connectivity index (χ1n) is 25.0. The van der Waals surface area contributed by atoms with Crippen molar-refractivity contribution in [3.05, 3.63) is 129 Å². The maximum atomic E-state index is 13.8. The predicted molar refractivity (Wildman–Crippen MR) is 276 cm³/mol. The summed E-state index contributed by atoms with van der Waals surface area (Å²) in [7, 11) is 1.23. The fraction of sp³-hybridized carbons (Fsp3) is 0.446. The Morgan fingerprint density at radius 3 is 2.04 bits per heavy atom. The third kappa shape index (κ3) is 14.2. The molecule has 388 valence electrons. The topological polar surface area (TPSA) is 207 Å². The second-order valence-electron chi connectivity index (χ2n) is 20.0. The van der Waals surface area contributed by atoms with Gasteiger partial charge in [0, 0.05) is 40.3 Å². The number of benzene rings is 4. The number of halogens is 2. The van der Waals surface area contributed by atoms with E-state index in [4.69, 9.17) is 37.4 Å². The molecular weight excluding hydrogens is 974 g/mol. The van der Waals surface area contributed by atoms with E-state index in [0.29, 0.717) is 69.0 Å². The van der Waals surface area contributed by atoms with E-state index >= 15 is 0 Å². The van der Waals surface area contributed by atoms with E-state index in [-0.39, 0.29) is 37.4 Å². The number of hydrogen-bond acceptors (Lipinski definition) is 10. The number of ether oxygens (including phenoxy) is 3. The van der Waals surface area contributed by atoms with Gasteiger partial charge in [0.1, 0.15) is 42.0 Å². The molecule has 3 aliphatic rings. The zero-order valence-electron chi connectivity index (χ0n) is 41.7. The van der Waals surface area contributed by atoms with Crippen LogP contribution in [0.4, 0.5) is 0 Å². The number of carbonyl (C=O) groups is 7. The molecule has 17 heteroatoms. The van der Waals surface area contributed by atoms with Crippen molar-refractivity contribution in [3.63, 3.8) is 0 Å². The van der Waals surface area contributed by atoms with Gasteiger partial charge in [0.05, 0.1) is 20.2 Å². The van der Waals surface area contributed by atoms with E-state index in [2.05, 4.69) is 39.6 Å². The highest BCUT2D eigenvalue weighted by Crippen LogP contribution is 2.59. The highest BCUT2D eigenvalue weighted by atomic mass is 35.5. The van der Waals surface area contributed by atoms with Gasteiger partial charge in [-0.05, 0) is 121 Å². The van der Waals surface area contributed by atoms with Gasteiger partial charge in [-0.3, -0.25) is 28.8 Å². The summed E-state index contributed by atoms with van der Waals surface area (Å²) in [6.45, 7) is 4.64. The van der Waals surface area contributed by atoms with Crippen LogP contribution in [0.3, 0.4) is 0 Å². The third-order valence-electron chi connectivity index (χ3n) is 14.5. The van der Waals surface area contributed by atoms with E-state index in [9.17, 15) is 33.6 Å². The number of carbonyl (C=O) groups excluding carboxylic acids is 7. The van der Waals surface area contributed by atoms with Crippen LogP contribution in [0.5, 0.6) is 11.5 Å². The average Bonchev–Trinajstić information content (AvgIpc) is 3.69. The summed E-state index contributed by atoms with van der Waals surface area (Å²) >= 11 is 12.6. The Morgan fingerprint density at radius 1 is 0.685 bits per heavy atom. The van der Waals surface area contributed by atoms with Crippen LogP contribution in [0.15, 0.2) is 91.0 Å². The lowest BCUT2D eigenvalue weighted by Gasteiger charge is -2.48. The molecule has 5 amide bonds. The molecule has 2 fully saturated rings. The molecule has 0 saturated heterocycles. The molecular formula is C56H65Cl2N5O10. The molecule has 73 heavy (non-hydrogen) atoms. The van der Waals surface area contributed by atoms with E-state index in [1.807, 2.05) is 32.0 Å². The second kappa shape index (κ2) is 25.0. The lowest BCUT2D eigenvalue weighted by atomic mass is 9.55. The normalized spacial score (nSPS) is 19.9. The fourth-order valence-electron chi connectivity index (χ4n) is 10.7. The Bertz CT molecular complexity index is 2630. The zero-order chi connectivity index (χ0) is 52.2. The van der Waals surface area contributed by atoms with Crippen molar-refractivity contribution in [1.29, 1.82) is 0 Å². The quantitative estimate of drug-likeness (QED) is 0.0523. The Balaban J connectivity index is 0.960. The van der Waals surface area contributed by atoms with Gasteiger partial charge in [0.2, 0.25) is 23.6 Å². The van der Waals surface area contributed by atoms with Crippen LogP contribution in [0.2, 0.25) is 10.0 Å². The molecule has 3 aliphatic carbocycles. The second-order valence-corrected chi connectivity index (χ2v) is 20.8. The predicted octanol–water partition coefficient (Wildman–Crippen LogP) is 6.77. The number of methoxy groups -OCH3 is 1. The number of esters is 1. The minimum absolute atomic E-state index is 0.0319. The van der Waals surface area contributed by atoms with Crippen molar-refractivity contribution in [2.24, 2.45) is 23.2 Å². The zero-order valence-corrected chi connectivity index (χ0v) is 43.2. The molecule has 15 nitrogen and oxygen atoms in total. The number of aryl methyl sites for hydroxylation is 1. The highest BCUT2D eigenvalue weighted by molar-refractivity contribution is 6.36. The van der Waals surface area contributed by atoms with Gasteiger partial charge in [-0.25, -0.2) is 4.79 Å². The van der Waals surface area contributed by atoms with E-state index in [1.54, 1.807) is 66.7 Å². The molecule has 0 aliphatic heterocycles. The third-order valence-corrected chi connectivity index (χ3v) is 15.3. The summed E-state index contributed by atoms with van der Waals surface area (Å²) in [5, 5.41) is 14.1. The summed E-state index contributed by atoms with van der Waals surface area (Å²) in [5.41, 5.74) is 4.32. The van der Waals surface area contributed by atoms with E-state index in [0.717, 1.165) is 37.7 Å². The lowest BCUT2D eigenvalue weighted by Crippen LogP contribution is -2.54. The van der Waals surface area contributed by atoms with Gasteiger partial charge in [0.25, 0.3) is 5.91 Å². The standard InChI is InChI=1S/C56H65Cl2N5O10/c1-33(2)25-48(55(70)71-4)63-54(69)47(26-34-9-6-5-7-10-34)61-51(66)30-59-50(65)29-60-53(68)46(27-35-13-16-37(17-14-35)72-31-42-44(57)11-8-12-45(42)58)62-52(67)32-73-38-18-20-39-36(28-38)15-19-41-40(39)23-24-56(3)43(41)21-22-49(56)64/h5-14,16-18,20,28,33,40-41,43,46-48H,15,19,21-27,29-32H2,1-4H3,(H,59,65)(H,60,68)(H,61,66)(H,62,67)(H,63,69)/t40-,41-,43+,46+,47+,48+,56+/m1/s1. The van der Waals surface area contributed by atoms with Crippen LogP contribution in [0.25, 0.3) is 0 Å². The van der Waals surface area contributed by atoms with Crippen molar-refractivity contribution >= 4 is 64.5 Å². The van der Waals surface area contributed by atoms with E-state index < -0.39 is 66.7 Å². The lowest BCUT2D eigenvalue weighted by molar-refractivity contribution is -0.145. The minimum Gasteiger partial charge on any atom is -0.489 e. The maximum Gasteiger partial charge on any atom is 0.328 e. The first kappa shape index (κ1) is 54.3. The van der Waals surface area contributed by atoms with Crippen LogP contribution in [-0.4, -0.2) is 86.2 Å². The molecule has 4 aromatic carbocycles. The maximum absolute atomic E-state index is 13.8. The molecule has 7 rings (SSSR count). The number of rotatable bonds is 22. The Morgan fingerprint density at radius 2 is 1.34 bits per heavy atom. The molecule has 0 aromatic heterocycles. The van der Waals surface area contributed by atoms with Gasteiger partial charge < -0.3 is 40.8 Å². The molecule has 7 atom stereocenters. The number of ketones is 1. The fourth-order valence-corrected chi connectivity index (χ4v) is 11.2. The Hall–Kier alpha value is -6.45. The highest BCUT2D eigenvalue weighted by Gasteiger charge is 2.54. The average molecular weight is 1040 g/mol. The van der Waals surface area contributed by atoms with Crippen molar-refractivity contribution in [1.82, 2.24) is 26.6 Å². The molecule has 0 spiro atoms. The number of hydrogen-bond donors (Lipinski definition) is 5. The summed E-state index contributed by atoms with van der Waals surface area (Å²) in [5.74, 6) is -1.05. The Kier molecular flexibility index (Phi) is 18.6. The van der Waals surface area contributed by atoms with Crippen molar-refractivity contribution < 1.29 is 47.8 Å². The molecule has 4 aromatic rings. The molecule has 5 N–H and O–H groups in total.